The van der Waals surface area contributed by atoms with Crippen molar-refractivity contribution in [2.45, 2.75) is 45.2 Å². The van der Waals surface area contributed by atoms with Gasteiger partial charge in [-0.2, -0.15) is 0 Å². The predicted molar refractivity (Wildman–Crippen MR) is 69.7 cm³/mol. The number of aromatic nitrogens is 1. The second kappa shape index (κ2) is 5.41. The van der Waals surface area contributed by atoms with Crippen molar-refractivity contribution in [1.29, 1.82) is 0 Å². The van der Waals surface area contributed by atoms with E-state index in [2.05, 4.69) is 10.1 Å². The summed E-state index contributed by atoms with van der Waals surface area (Å²) in [7, 11) is 0. The van der Waals surface area contributed by atoms with Gasteiger partial charge < -0.3 is 10.3 Å². The minimum Gasteiger partial charge on any atom is -0.360 e. The van der Waals surface area contributed by atoms with Crippen LogP contribution in [0, 0.1) is 11.8 Å². The number of likely N-dealkylation sites (tertiary alicyclic amines) is 1. The molecule has 4 heteroatoms. The summed E-state index contributed by atoms with van der Waals surface area (Å²) in [6.45, 7) is 3.81. The molecule has 0 bridgehead atoms. The molecular formula is C14H23N3O. The molecule has 100 valence electrons. The Morgan fingerprint density at radius 3 is 2.89 bits per heavy atom. The third-order valence-electron chi connectivity index (χ3n) is 4.57. The highest BCUT2D eigenvalue weighted by Crippen LogP contribution is 2.36. The number of nitrogens with zero attached hydrogens (tertiary/aromatic N) is 2. The van der Waals surface area contributed by atoms with Crippen LogP contribution >= 0.6 is 0 Å². The highest BCUT2D eigenvalue weighted by atomic mass is 16.5. The summed E-state index contributed by atoms with van der Waals surface area (Å²) in [4.78, 5) is 2.52. The molecule has 1 aromatic rings. The van der Waals surface area contributed by atoms with Gasteiger partial charge in [0, 0.05) is 19.2 Å². The van der Waals surface area contributed by atoms with Gasteiger partial charge in [0.25, 0.3) is 0 Å². The Morgan fingerprint density at radius 1 is 1.28 bits per heavy atom. The Hall–Kier alpha value is -0.870. The van der Waals surface area contributed by atoms with Crippen LogP contribution in [-0.4, -0.2) is 23.1 Å². The first kappa shape index (κ1) is 12.2. The molecule has 2 atom stereocenters. The lowest BCUT2D eigenvalue weighted by Crippen LogP contribution is -2.41. The van der Waals surface area contributed by atoms with E-state index in [1.54, 1.807) is 0 Å². The lowest BCUT2D eigenvalue weighted by molar-refractivity contribution is 0.0759. The van der Waals surface area contributed by atoms with Crippen LogP contribution in [0.5, 0.6) is 0 Å². The Bertz CT molecular complexity index is 390. The van der Waals surface area contributed by atoms with E-state index in [4.69, 9.17) is 10.3 Å². The molecule has 0 spiro atoms. The standard InChI is InChI=1S/C14H23N3O/c15-8-13-7-14(18-16-13)10-17-6-5-11-3-1-2-4-12(11)9-17/h7,11-12H,1-6,8-10,15H2. The predicted octanol–water partition coefficient (Wildman–Crippen LogP) is 2.15. The highest BCUT2D eigenvalue weighted by molar-refractivity contribution is 5.05. The van der Waals surface area contributed by atoms with Crippen LogP contribution in [-0.2, 0) is 13.1 Å². The van der Waals surface area contributed by atoms with Crippen molar-refractivity contribution in [3.8, 4) is 0 Å². The van der Waals surface area contributed by atoms with Gasteiger partial charge in [0.15, 0.2) is 5.76 Å². The van der Waals surface area contributed by atoms with Crippen LogP contribution in [0.25, 0.3) is 0 Å². The molecule has 3 rings (SSSR count). The largest absolute Gasteiger partial charge is 0.360 e. The Labute approximate surface area is 108 Å². The molecule has 4 nitrogen and oxygen atoms in total. The molecule has 2 aliphatic rings. The molecule has 1 saturated carbocycles. The smallest absolute Gasteiger partial charge is 0.151 e. The molecule has 2 heterocycles. The average Bonchev–Trinajstić information content (AvgIpc) is 2.86. The normalized spacial score (nSPS) is 29.2. The third-order valence-corrected chi connectivity index (χ3v) is 4.57. The van der Waals surface area contributed by atoms with Crippen molar-refractivity contribution in [3.05, 3.63) is 17.5 Å². The molecule has 2 fully saturated rings. The topological polar surface area (TPSA) is 55.3 Å². The van der Waals surface area contributed by atoms with Crippen LogP contribution in [0.2, 0.25) is 0 Å². The van der Waals surface area contributed by atoms with Crippen LogP contribution in [0.1, 0.15) is 43.6 Å². The molecule has 2 N–H and O–H groups in total. The average molecular weight is 249 g/mol. The maximum absolute atomic E-state index is 5.55. The minimum absolute atomic E-state index is 0.466. The van der Waals surface area contributed by atoms with Gasteiger partial charge in [-0.1, -0.05) is 24.4 Å². The number of piperidine rings is 1. The van der Waals surface area contributed by atoms with Crippen molar-refractivity contribution in [1.82, 2.24) is 10.1 Å². The van der Waals surface area contributed by atoms with Crippen molar-refractivity contribution >= 4 is 0 Å². The van der Waals surface area contributed by atoms with Crippen molar-refractivity contribution in [2.24, 2.45) is 17.6 Å². The lowest BCUT2D eigenvalue weighted by Gasteiger charge is -2.40. The van der Waals surface area contributed by atoms with Crippen molar-refractivity contribution in [2.75, 3.05) is 13.1 Å². The van der Waals surface area contributed by atoms with Crippen LogP contribution in [0.3, 0.4) is 0 Å². The number of hydrogen-bond donors (Lipinski definition) is 1. The summed E-state index contributed by atoms with van der Waals surface area (Å²) in [5, 5.41) is 3.95. The fourth-order valence-electron chi connectivity index (χ4n) is 3.57. The summed E-state index contributed by atoms with van der Waals surface area (Å²) in [5.74, 6) is 2.87. The summed E-state index contributed by atoms with van der Waals surface area (Å²) in [5.41, 5.74) is 6.41. The number of nitrogens with two attached hydrogens (primary N) is 1. The van der Waals surface area contributed by atoms with E-state index in [0.29, 0.717) is 6.54 Å². The molecule has 18 heavy (non-hydrogen) atoms. The summed E-state index contributed by atoms with van der Waals surface area (Å²) in [6.07, 6.45) is 7.12. The Balaban J connectivity index is 1.57. The molecule has 2 unspecified atom stereocenters. The minimum atomic E-state index is 0.466. The van der Waals surface area contributed by atoms with Gasteiger partial charge in [0.2, 0.25) is 0 Å². The van der Waals surface area contributed by atoms with E-state index in [-0.39, 0.29) is 0 Å². The first-order chi connectivity index (χ1) is 8.85. The number of rotatable bonds is 3. The zero-order valence-electron chi connectivity index (χ0n) is 11.0. The van der Waals surface area contributed by atoms with Gasteiger partial charge in [0.05, 0.1) is 12.2 Å². The summed E-state index contributed by atoms with van der Waals surface area (Å²) < 4.78 is 5.32. The summed E-state index contributed by atoms with van der Waals surface area (Å²) >= 11 is 0. The first-order valence-electron chi connectivity index (χ1n) is 7.22. The SMILES string of the molecule is NCc1cc(CN2CCC3CCCCC3C2)on1. The first-order valence-corrected chi connectivity index (χ1v) is 7.22. The molecule has 0 aromatic carbocycles. The van der Waals surface area contributed by atoms with E-state index in [1.165, 1.54) is 45.2 Å². The van der Waals surface area contributed by atoms with E-state index in [9.17, 15) is 0 Å². The van der Waals surface area contributed by atoms with Crippen LogP contribution in [0.15, 0.2) is 10.6 Å². The van der Waals surface area contributed by atoms with E-state index in [0.717, 1.165) is 29.8 Å². The monoisotopic (exact) mass is 249 g/mol. The lowest BCUT2D eigenvalue weighted by atomic mass is 9.75. The van der Waals surface area contributed by atoms with E-state index in [1.807, 2.05) is 6.07 Å². The maximum atomic E-state index is 5.55. The number of fused-ring (bicyclic) bond motifs is 1. The zero-order valence-corrected chi connectivity index (χ0v) is 11.0. The van der Waals surface area contributed by atoms with Crippen molar-refractivity contribution in [3.63, 3.8) is 0 Å². The quantitative estimate of drug-likeness (QED) is 0.891. The highest BCUT2D eigenvalue weighted by Gasteiger charge is 2.31. The maximum Gasteiger partial charge on any atom is 0.151 e. The second-order valence-corrected chi connectivity index (χ2v) is 5.82. The molecular weight excluding hydrogens is 226 g/mol. The molecule has 0 radical (unpaired) electrons. The molecule has 1 aliphatic carbocycles. The van der Waals surface area contributed by atoms with Gasteiger partial charge in [-0.15, -0.1) is 0 Å². The van der Waals surface area contributed by atoms with Crippen molar-refractivity contribution < 1.29 is 4.52 Å². The van der Waals surface area contributed by atoms with Crippen LogP contribution < -0.4 is 5.73 Å². The molecule has 1 saturated heterocycles. The number of hydrogen-bond acceptors (Lipinski definition) is 4. The molecule has 1 aromatic heterocycles. The zero-order chi connectivity index (χ0) is 12.4. The van der Waals surface area contributed by atoms with Gasteiger partial charge in [-0.05, 0) is 31.2 Å². The Morgan fingerprint density at radius 2 is 2.11 bits per heavy atom. The van der Waals surface area contributed by atoms with E-state index < -0.39 is 0 Å². The summed E-state index contributed by atoms with van der Waals surface area (Å²) in [6, 6.07) is 1.99. The fraction of sp³-hybridized carbons (Fsp3) is 0.786. The molecule has 0 amide bonds. The van der Waals surface area contributed by atoms with Gasteiger partial charge >= 0.3 is 0 Å². The van der Waals surface area contributed by atoms with Gasteiger partial charge in [-0.25, -0.2) is 0 Å². The van der Waals surface area contributed by atoms with Gasteiger partial charge in [0.1, 0.15) is 0 Å². The van der Waals surface area contributed by atoms with E-state index >= 15 is 0 Å². The second-order valence-electron chi connectivity index (χ2n) is 5.82. The Kier molecular flexibility index (Phi) is 3.66. The molecule has 1 aliphatic heterocycles. The fourth-order valence-corrected chi connectivity index (χ4v) is 3.57. The van der Waals surface area contributed by atoms with Gasteiger partial charge in [-0.3, -0.25) is 4.90 Å². The third kappa shape index (κ3) is 2.59. The van der Waals surface area contributed by atoms with Crippen LogP contribution in [0.4, 0.5) is 0 Å².